The molecule has 1 aromatic carbocycles. The summed E-state index contributed by atoms with van der Waals surface area (Å²) in [5.41, 5.74) is -0.530. The SMILES string of the molecule is CC(C)n1c(=O)n(C/C=C/C(=O)O)c(=O)c2cc(F)c(NC3CCCCC3)cc21. The molecule has 1 aromatic heterocycles. The molecule has 1 aliphatic rings. The average Bonchev–Trinajstić information content (AvgIpc) is 2.66. The van der Waals surface area contributed by atoms with E-state index in [4.69, 9.17) is 5.11 Å². The van der Waals surface area contributed by atoms with Crippen LogP contribution in [0.4, 0.5) is 10.1 Å². The number of hydrogen-bond acceptors (Lipinski definition) is 4. The van der Waals surface area contributed by atoms with Crippen LogP contribution in [-0.2, 0) is 11.3 Å². The first kappa shape index (κ1) is 20.8. The Balaban J connectivity index is 2.14. The first-order chi connectivity index (χ1) is 13.8. The maximum atomic E-state index is 14.8. The molecule has 0 unspecified atom stereocenters. The van der Waals surface area contributed by atoms with Crippen molar-refractivity contribution >= 4 is 22.6 Å². The van der Waals surface area contributed by atoms with Crippen molar-refractivity contribution in [3.05, 3.63) is 50.9 Å². The predicted octanol–water partition coefficient (Wildman–Crippen LogP) is 3.27. The third kappa shape index (κ3) is 4.41. The Hall–Kier alpha value is -2.90. The topological polar surface area (TPSA) is 93.3 Å². The molecule has 7 nitrogen and oxygen atoms in total. The van der Waals surface area contributed by atoms with Crippen molar-refractivity contribution in [2.45, 2.75) is 64.6 Å². The minimum absolute atomic E-state index is 0.0914. The number of aliphatic carboxylic acids is 1. The molecule has 0 saturated heterocycles. The highest BCUT2D eigenvalue weighted by molar-refractivity contribution is 5.82. The highest BCUT2D eigenvalue weighted by atomic mass is 19.1. The van der Waals surface area contributed by atoms with Gasteiger partial charge in [0.1, 0.15) is 5.82 Å². The fourth-order valence-electron chi connectivity index (χ4n) is 3.89. The number of rotatable bonds is 6. The molecule has 1 heterocycles. The van der Waals surface area contributed by atoms with Crippen LogP contribution in [0.25, 0.3) is 10.9 Å². The van der Waals surface area contributed by atoms with Gasteiger partial charge in [-0.25, -0.2) is 14.0 Å². The fourth-order valence-corrected chi connectivity index (χ4v) is 3.89. The van der Waals surface area contributed by atoms with Gasteiger partial charge in [-0.3, -0.25) is 13.9 Å². The van der Waals surface area contributed by atoms with Gasteiger partial charge in [0, 0.05) is 24.7 Å². The molecular weight excluding hydrogens is 377 g/mol. The van der Waals surface area contributed by atoms with Gasteiger partial charge in [0.15, 0.2) is 0 Å². The summed E-state index contributed by atoms with van der Waals surface area (Å²) in [6, 6.07) is 2.61. The van der Waals surface area contributed by atoms with Crippen LogP contribution in [0.2, 0.25) is 0 Å². The molecule has 2 N–H and O–H groups in total. The molecule has 0 aliphatic heterocycles. The molecule has 0 atom stereocenters. The molecule has 0 radical (unpaired) electrons. The number of carboxylic acid groups (broad SMARTS) is 1. The molecule has 8 heteroatoms. The van der Waals surface area contributed by atoms with Crippen molar-refractivity contribution in [3.63, 3.8) is 0 Å². The molecule has 156 valence electrons. The molecule has 0 spiro atoms. The molecule has 1 aliphatic carbocycles. The van der Waals surface area contributed by atoms with Crippen molar-refractivity contribution in [3.8, 4) is 0 Å². The Morgan fingerprint density at radius 1 is 1.28 bits per heavy atom. The maximum Gasteiger partial charge on any atom is 0.332 e. The van der Waals surface area contributed by atoms with E-state index in [9.17, 15) is 18.8 Å². The van der Waals surface area contributed by atoms with Crippen LogP contribution >= 0.6 is 0 Å². The number of hydrogen-bond donors (Lipinski definition) is 2. The number of carbonyl (C=O) groups is 1. The van der Waals surface area contributed by atoms with Gasteiger partial charge in [-0.1, -0.05) is 25.3 Å². The van der Waals surface area contributed by atoms with Crippen molar-refractivity contribution in [2.24, 2.45) is 0 Å². The first-order valence-electron chi connectivity index (χ1n) is 9.94. The Labute approximate surface area is 167 Å². The van der Waals surface area contributed by atoms with E-state index in [0.29, 0.717) is 11.2 Å². The fraction of sp³-hybridized carbons (Fsp3) is 0.476. The lowest BCUT2D eigenvalue weighted by Gasteiger charge is -2.25. The van der Waals surface area contributed by atoms with E-state index in [1.165, 1.54) is 23.1 Å². The Morgan fingerprint density at radius 3 is 2.59 bits per heavy atom. The second-order valence-electron chi connectivity index (χ2n) is 7.73. The molecule has 0 amide bonds. The number of fused-ring (bicyclic) bond motifs is 1. The van der Waals surface area contributed by atoms with Crippen molar-refractivity contribution < 1.29 is 14.3 Å². The van der Waals surface area contributed by atoms with Gasteiger partial charge in [-0.05, 0) is 38.8 Å². The van der Waals surface area contributed by atoms with E-state index in [1.54, 1.807) is 19.9 Å². The highest BCUT2D eigenvalue weighted by Gasteiger charge is 2.20. The third-order valence-corrected chi connectivity index (χ3v) is 5.29. The average molecular weight is 403 g/mol. The number of halogens is 1. The number of anilines is 1. The second-order valence-corrected chi connectivity index (χ2v) is 7.73. The van der Waals surface area contributed by atoms with Gasteiger partial charge in [-0.2, -0.15) is 0 Å². The van der Waals surface area contributed by atoms with Gasteiger partial charge < -0.3 is 10.4 Å². The van der Waals surface area contributed by atoms with E-state index >= 15 is 0 Å². The quantitative estimate of drug-likeness (QED) is 0.722. The molecule has 1 saturated carbocycles. The number of nitrogens with one attached hydrogen (secondary N) is 1. The van der Waals surface area contributed by atoms with Crippen LogP contribution in [0.1, 0.15) is 52.0 Å². The summed E-state index contributed by atoms with van der Waals surface area (Å²) in [6.45, 7) is 3.41. The molecule has 3 rings (SSSR count). The summed E-state index contributed by atoms with van der Waals surface area (Å²) in [5.74, 6) is -1.71. The summed E-state index contributed by atoms with van der Waals surface area (Å²) >= 11 is 0. The van der Waals surface area contributed by atoms with E-state index in [1.807, 2.05) is 0 Å². The van der Waals surface area contributed by atoms with Gasteiger partial charge >= 0.3 is 11.7 Å². The third-order valence-electron chi connectivity index (χ3n) is 5.29. The van der Waals surface area contributed by atoms with Crippen LogP contribution in [0.5, 0.6) is 0 Å². The van der Waals surface area contributed by atoms with E-state index in [2.05, 4.69) is 5.32 Å². The molecule has 2 aromatic rings. The Bertz CT molecular complexity index is 1060. The van der Waals surface area contributed by atoms with Crippen molar-refractivity contribution in [1.29, 1.82) is 0 Å². The molecular formula is C21H26FN3O4. The van der Waals surface area contributed by atoms with Crippen molar-refractivity contribution in [1.82, 2.24) is 9.13 Å². The van der Waals surface area contributed by atoms with E-state index in [0.717, 1.165) is 36.3 Å². The minimum Gasteiger partial charge on any atom is -0.478 e. The van der Waals surface area contributed by atoms with Gasteiger partial charge in [0.2, 0.25) is 0 Å². The predicted molar refractivity (Wildman–Crippen MR) is 110 cm³/mol. The number of allylic oxidation sites excluding steroid dienone is 1. The summed E-state index contributed by atoms with van der Waals surface area (Å²) in [4.78, 5) is 36.5. The number of aromatic nitrogens is 2. The van der Waals surface area contributed by atoms with Crippen LogP contribution < -0.4 is 16.6 Å². The molecule has 0 bridgehead atoms. The monoisotopic (exact) mass is 403 g/mol. The lowest BCUT2D eigenvalue weighted by molar-refractivity contribution is -0.131. The lowest BCUT2D eigenvalue weighted by atomic mass is 9.95. The zero-order valence-electron chi connectivity index (χ0n) is 16.7. The van der Waals surface area contributed by atoms with Crippen LogP contribution in [-0.4, -0.2) is 26.3 Å². The molecule has 1 fully saturated rings. The highest BCUT2D eigenvalue weighted by Crippen LogP contribution is 2.26. The van der Waals surface area contributed by atoms with E-state index in [-0.39, 0.29) is 24.0 Å². The van der Waals surface area contributed by atoms with Crippen LogP contribution in [0, 0.1) is 5.82 Å². The number of carboxylic acids is 1. The van der Waals surface area contributed by atoms with Crippen molar-refractivity contribution in [2.75, 3.05) is 5.32 Å². The summed E-state index contributed by atoms with van der Waals surface area (Å²) in [7, 11) is 0. The summed E-state index contributed by atoms with van der Waals surface area (Å²) in [6.07, 6.45) is 7.39. The van der Waals surface area contributed by atoms with Crippen LogP contribution in [0.15, 0.2) is 33.9 Å². The number of nitrogens with zero attached hydrogens (tertiary/aromatic N) is 2. The summed E-state index contributed by atoms with van der Waals surface area (Å²) < 4.78 is 17.2. The van der Waals surface area contributed by atoms with Gasteiger partial charge in [0.25, 0.3) is 5.56 Å². The summed E-state index contributed by atoms with van der Waals surface area (Å²) in [5, 5.41) is 12.1. The van der Waals surface area contributed by atoms with Gasteiger partial charge in [-0.15, -0.1) is 0 Å². The Morgan fingerprint density at radius 2 is 1.97 bits per heavy atom. The normalized spacial score (nSPS) is 15.4. The second kappa shape index (κ2) is 8.63. The zero-order valence-corrected chi connectivity index (χ0v) is 16.7. The number of benzene rings is 1. The zero-order chi connectivity index (χ0) is 21.1. The van der Waals surface area contributed by atoms with E-state index < -0.39 is 23.0 Å². The smallest absolute Gasteiger partial charge is 0.332 e. The lowest BCUT2D eigenvalue weighted by Crippen LogP contribution is -2.40. The maximum absolute atomic E-state index is 14.8. The van der Waals surface area contributed by atoms with Crippen LogP contribution in [0.3, 0.4) is 0 Å². The Kier molecular flexibility index (Phi) is 6.20. The molecule has 29 heavy (non-hydrogen) atoms. The standard InChI is InChI=1S/C21H26FN3O4/c1-13(2)25-18-12-17(23-14-7-4-3-5-8-14)16(22)11-15(18)20(28)24(21(25)29)10-6-9-19(26)27/h6,9,11-14,23H,3-5,7-8,10H2,1-2H3,(H,26,27)/b9-6+. The largest absolute Gasteiger partial charge is 0.478 e. The minimum atomic E-state index is -1.17. The van der Waals surface area contributed by atoms with Gasteiger partial charge in [0.05, 0.1) is 16.6 Å². The first-order valence-corrected chi connectivity index (χ1v) is 9.94.